The standard InChI is InChI=1S/C17H29N3O2S/c1-18(2)23(21,22)13-7-11-19(3)14-16-10-12-20(15-16)17-8-5-4-6-9-17/h4-6,8-9,16H,7,10-15H2,1-3H3. The molecule has 1 atom stereocenters. The largest absolute Gasteiger partial charge is 0.371 e. The number of hydrogen-bond acceptors (Lipinski definition) is 4. The van der Waals surface area contributed by atoms with Gasteiger partial charge in [-0.1, -0.05) is 18.2 Å². The number of anilines is 1. The zero-order valence-corrected chi connectivity index (χ0v) is 15.3. The van der Waals surface area contributed by atoms with Crippen molar-refractivity contribution < 1.29 is 8.42 Å². The molecule has 1 aromatic carbocycles. The third-order valence-corrected chi connectivity index (χ3v) is 6.39. The molecule has 23 heavy (non-hydrogen) atoms. The van der Waals surface area contributed by atoms with Crippen molar-refractivity contribution in [1.82, 2.24) is 9.21 Å². The second-order valence-corrected chi connectivity index (χ2v) is 8.95. The Morgan fingerprint density at radius 2 is 1.87 bits per heavy atom. The lowest BCUT2D eigenvalue weighted by Crippen LogP contribution is -2.31. The third kappa shape index (κ3) is 5.48. The minimum absolute atomic E-state index is 0.227. The Morgan fingerprint density at radius 1 is 1.17 bits per heavy atom. The lowest BCUT2D eigenvalue weighted by molar-refractivity contribution is 0.287. The molecule has 1 heterocycles. The summed E-state index contributed by atoms with van der Waals surface area (Å²) < 4.78 is 24.8. The van der Waals surface area contributed by atoms with E-state index < -0.39 is 10.0 Å². The maximum atomic E-state index is 11.8. The van der Waals surface area contributed by atoms with Crippen LogP contribution in [0, 0.1) is 5.92 Å². The molecule has 0 spiro atoms. The molecule has 1 unspecified atom stereocenters. The van der Waals surface area contributed by atoms with Gasteiger partial charge >= 0.3 is 0 Å². The highest BCUT2D eigenvalue weighted by Gasteiger charge is 2.23. The highest BCUT2D eigenvalue weighted by molar-refractivity contribution is 7.89. The van der Waals surface area contributed by atoms with Crippen molar-refractivity contribution in [1.29, 1.82) is 0 Å². The van der Waals surface area contributed by atoms with E-state index in [4.69, 9.17) is 0 Å². The minimum Gasteiger partial charge on any atom is -0.371 e. The summed E-state index contributed by atoms with van der Waals surface area (Å²) in [7, 11) is 2.21. The molecule has 1 saturated heterocycles. The van der Waals surface area contributed by atoms with Crippen LogP contribution in [-0.4, -0.2) is 70.7 Å². The molecule has 1 aromatic rings. The van der Waals surface area contributed by atoms with E-state index in [0.717, 1.165) is 26.2 Å². The smallest absolute Gasteiger partial charge is 0.213 e. The monoisotopic (exact) mass is 339 g/mol. The fourth-order valence-electron chi connectivity index (χ4n) is 3.09. The van der Waals surface area contributed by atoms with Gasteiger partial charge in [-0.3, -0.25) is 0 Å². The summed E-state index contributed by atoms with van der Waals surface area (Å²) in [6.45, 7) is 4.06. The Morgan fingerprint density at radius 3 is 2.52 bits per heavy atom. The molecule has 0 saturated carbocycles. The van der Waals surface area contributed by atoms with Crippen molar-refractivity contribution in [3.05, 3.63) is 30.3 Å². The maximum absolute atomic E-state index is 11.8. The topological polar surface area (TPSA) is 43.9 Å². The van der Waals surface area contributed by atoms with Crippen LogP contribution in [-0.2, 0) is 10.0 Å². The van der Waals surface area contributed by atoms with E-state index in [1.54, 1.807) is 14.1 Å². The van der Waals surface area contributed by atoms with Gasteiger partial charge in [-0.15, -0.1) is 0 Å². The van der Waals surface area contributed by atoms with Crippen LogP contribution < -0.4 is 4.90 Å². The SMILES string of the molecule is CN(CCCS(=O)(=O)N(C)C)CC1CCN(c2ccccc2)C1. The molecule has 0 aliphatic carbocycles. The van der Waals surface area contributed by atoms with Gasteiger partial charge in [0.05, 0.1) is 5.75 Å². The summed E-state index contributed by atoms with van der Waals surface area (Å²) in [5.41, 5.74) is 1.30. The zero-order valence-electron chi connectivity index (χ0n) is 14.5. The lowest BCUT2D eigenvalue weighted by atomic mass is 10.1. The quantitative estimate of drug-likeness (QED) is 0.723. The summed E-state index contributed by atoms with van der Waals surface area (Å²) in [5, 5.41) is 0. The fourth-order valence-corrected chi connectivity index (χ4v) is 3.95. The first-order valence-electron chi connectivity index (χ1n) is 8.27. The Bertz CT molecular complexity index is 575. The van der Waals surface area contributed by atoms with Crippen LogP contribution in [0.15, 0.2) is 30.3 Å². The average molecular weight is 340 g/mol. The molecule has 0 aromatic heterocycles. The summed E-state index contributed by atoms with van der Waals surface area (Å²) in [6, 6.07) is 10.5. The average Bonchev–Trinajstić information content (AvgIpc) is 2.96. The first kappa shape index (κ1) is 18.2. The van der Waals surface area contributed by atoms with Gasteiger partial charge in [-0.2, -0.15) is 0 Å². The molecular formula is C17H29N3O2S. The minimum atomic E-state index is -3.07. The van der Waals surface area contributed by atoms with Gasteiger partial charge in [0.15, 0.2) is 0 Å². The normalized spacial score (nSPS) is 19.0. The Hall–Kier alpha value is -1.11. The lowest BCUT2D eigenvalue weighted by Gasteiger charge is -2.22. The van der Waals surface area contributed by atoms with Crippen LogP contribution in [0.5, 0.6) is 0 Å². The molecular weight excluding hydrogens is 310 g/mol. The van der Waals surface area contributed by atoms with Crippen molar-refractivity contribution in [2.24, 2.45) is 5.92 Å². The van der Waals surface area contributed by atoms with Gasteiger partial charge in [0.1, 0.15) is 0 Å². The van der Waals surface area contributed by atoms with Crippen molar-refractivity contribution >= 4 is 15.7 Å². The van der Waals surface area contributed by atoms with Crippen LogP contribution >= 0.6 is 0 Å². The van der Waals surface area contributed by atoms with Crippen LogP contribution in [0.25, 0.3) is 0 Å². The van der Waals surface area contributed by atoms with Crippen LogP contribution in [0.4, 0.5) is 5.69 Å². The molecule has 130 valence electrons. The van der Waals surface area contributed by atoms with E-state index >= 15 is 0 Å². The van der Waals surface area contributed by atoms with Gasteiger partial charge in [0, 0.05) is 39.4 Å². The van der Waals surface area contributed by atoms with Crippen LogP contribution in [0.3, 0.4) is 0 Å². The summed E-state index contributed by atoms with van der Waals surface area (Å²) >= 11 is 0. The van der Waals surface area contributed by atoms with Gasteiger partial charge < -0.3 is 9.80 Å². The van der Waals surface area contributed by atoms with Crippen molar-refractivity contribution in [3.63, 3.8) is 0 Å². The van der Waals surface area contributed by atoms with Gasteiger partial charge in [-0.25, -0.2) is 12.7 Å². The summed E-state index contributed by atoms with van der Waals surface area (Å²) in [6.07, 6.45) is 1.89. The van der Waals surface area contributed by atoms with E-state index in [-0.39, 0.29) is 5.75 Å². The number of sulfonamides is 1. The Kier molecular flexibility index (Phi) is 6.44. The van der Waals surface area contributed by atoms with Crippen molar-refractivity contribution in [2.45, 2.75) is 12.8 Å². The van der Waals surface area contributed by atoms with Crippen molar-refractivity contribution in [2.75, 3.05) is 58.0 Å². The number of rotatable bonds is 8. The van der Waals surface area contributed by atoms with E-state index in [0.29, 0.717) is 12.3 Å². The maximum Gasteiger partial charge on any atom is 0.213 e. The highest BCUT2D eigenvalue weighted by atomic mass is 32.2. The Labute approximate surface area is 140 Å². The van der Waals surface area contributed by atoms with E-state index in [1.165, 1.54) is 16.4 Å². The third-order valence-electron chi connectivity index (χ3n) is 4.48. The van der Waals surface area contributed by atoms with Crippen LogP contribution in [0.2, 0.25) is 0 Å². The Balaban J connectivity index is 1.71. The molecule has 0 radical (unpaired) electrons. The van der Waals surface area contributed by atoms with E-state index in [1.807, 2.05) is 6.07 Å². The molecule has 2 rings (SSSR count). The summed E-state index contributed by atoms with van der Waals surface area (Å²) in [5.74, 6) is 0.885. The molecule has 0 N–H and O–H groups in total. The van der Waals surface area contributed by atoms with E-state index in [9.17, 15) is 8.42 Å². The number of nitrogens with zero attached hydrogens (tertiary/aromatic N) is 3. The molecule has 1 aliphatic rings. The zero-order chi connectivity index (χ0) is 16.9. The predicted molar refractivity (Wildman–Crippen MR) is 96.3 cm³/mol. The predicted octanol–water partition coefficient (Wildman–Crippen LogP) is 1.73. The molecule has 0 bridgehead atoms. The summed E-state index contributed by atoms with van der Waals surface area (Å²) in [4.78, 5) is 4.71. The highest BCUT2D eigenvalue weighted by Crippen LogP contribution is 2.23. The number of benzene rings is 1. The van der Waals surface area contributed by atoms with Crippen LogP contribution in [0.1, 0.15) is 12.8 Å². The second-order valence-electron chi connectivity index (χ2n) is 6.65. The number of para-hydroxylation sites is 1. The van der Waals surface area contributed by atoms with Gasteiger partial charge in [0.25, 0.3) is 0 Å². The number of hydrogen-bond donors (Lipinski definition) is 0. The van der Waals surface area contributed by atoms with Crippen molar-refractivity contribution in [3.8, 4) is 0 Å². The molecule has 6 heteroatoms. The van der Waals surface area contributed by atoms with E-state index in [2.05, 4.69) is 41.1 Å². The van der Waals surface area contributed by atoms with Gasteiger partial charge in [-0.05, 0) is 44.5 Å². The molecule has 5 nitrogen and oxygen atoms in total. The second kappa shape index (κ2) is 8.13. The first-order valence-corrected chi connectivity index (χ1v) is 9.88. The molecule has 1 aliphatic heterocycles. The fraction of sp³-hybridized carbons (Fsp3) is 0.647. The molecule has 0 amide bonds. The van der Waals surface area contributed by atoms with Gasteiger partial charge in [0.2, 0.25) is 10.0 Å². The first-order chi connectivity index (χ1) is 10.9. The molecule has 1 fully saturated rings.